The fourth-order valence-corrected chi connectivity index (χ4v) is 1.75. The van der Waals surface area contributed by atoms with Gasteiger partial charge in [0.1, 0.15) is 11.5 Å². The zero-order chi connectivity index (χ0) is 13.8. The molecule has 0 atom stereocenters. The molecule has 5 nitrogen and oxygen atoms in total. The van der Waals surface area contributed by atoms with Gasteiger partial charge in [-0.05, 0) is 26.0 Å². The summed E-state index contributed by atoms with van der Waals surface area (Å²) < 4.78 is 19.2. The number of anilines is 2. The van der Waals surface area contributed by atoms with E-state index in [1.807, 2.05) is 26.0 Å². The maximum Gasteiger partial charge on any atom is 0.224 e. The van der Waals surface area contributed by atoms with Gasteiger partial charge in [-0.3, -0.25) is 0 Å². The molecule has 0 saturated heterocycles. The number of furan rings is 1. The Bertz CT molecular complexity index is 555. The second-order valence-corrected chi connectivity index (χ2v) is 4.26. The van der Waals surface area contributed by atoms with Crippen LogP contribution >= 0.6 is 0 Å². The second kappa shape index (κ2) is 5.69. The standard InChI is InChI=1S/C13H17FN4O/c1-4-15-13-16-7-11(14)12(17-13)18(3)8-10-6-5-9(2)19-10/h5-7H,4,8H2,1-3H3,(H,15,16,17). The number of nitrogens with zero attached hydrogens (tertiary/aromatic N) is 3. The number of aromatic nitrogens is 2. The number of nitrogens with one attached hydrogen (secondary N) is 1. The smallest absolute Gasteiger partial charge is 0.224 e. The van der Waals surface area contributed by atoms with Crippen LogP contribution in [0, 0.1) is 12.7 Å². The first-order valence-electron chi connectivity index (χ1n) is 6.13. The molecule has 0 fully saturated rings. The van der Waals surface area contributed by atoms with Gasteiger partial charge in [-0.2, -0.15) is 4.98 Å². The molecular weight excluding hydrogens is 247 g/mol. The van der Waals surface area contributed by atoms with Crippen molar-refractivity contribution in [1.29, 1.82) is 0 Å². The first-order valence-corrected chi connectivity index (χ1v) is 6.13. The van der Waals surface area contributed by atoms with Crippen LogP contribution in [-0.4, -0.2) is 23.6 Å². The van der Waals surface area contributed by atoms with Crippen LogP contribution in [-0.2, 0) is 6.54 Å². The van der Waals surface area contributed by atoms with Crippen LogP contribution in [0.2, 0.25) is 0 Å². The van der Waals surface area contributed by atoms with Crippen LogP contribution in [0.25, 0.3) is 0 Å². The van der Waals surface area contributed by atoms with Crippen LogP contribution in [0.4, 0.5) is 16.2 Å². The van der Waals surface area contributed by atoms with Gasteiger partial charge in [-0.1, -0.05) is 0 Å². The summed E-state index contributed by atoms with van der Waals surface area (Å²) in [7, 11) is 1.76. The van der Waals surface area contributed by atoms with E-state index in [0.29, 0.717) is 19.0 Å². The molecule has 0 aromatic carbocycles. The topological polar surface area (TPSA) is 54.2 Å². The Labute approximate surface area is 111 Å². The predicted octanol–water partition coefficient (Wildman–Crippen LogP) is 2.59. The maximum atomic E-state index is 13.7. The van der Waals surface area contributed by atoms with Gasteiger partial charge < -0.3 is 14.6 Å². The highest BCUT2D eigenvalue weighted by molar-refractivity contribution is 5.43. The third kappa shape index (κ3) is 3.21. The van der Waals surface area contributed by atoms with Gasteiger partial charge in [-0.25, -0.2) is 9.37 Å². The Hall–Kier alpha value is -2.11. The van der Waals surface area contributed by atoms with Crippen LogP contribution in [0.15, 0.2) is 22.7 Å². The summed E-state index contributed by atoms with van der Waals surface area (Å²) in [5.41, 5.74) is 0. The molecule has 19 heavy (non-hydrogen) atoms. The molecule has 0 radical (unpaired) electrons. The van der Waals surface area contributed by atoms with E-state index in [-0.39, 0.29) is 5.82 Å². The van der Waals surface area contributed by atoms with Crippen molar-refractivity contribution in [2.45, 2.75) is 20.4 Å². The highest BCUT2D eigenvalue weighted by Crippen LogP contribution is 2.19. The largest absolute Gasteiger partial charge is 0.464 e. The third-order valence-electron chi connectivity index (χ3n) is 2.61. The first-order chi connectivity index (χ1) is 9.10. The Morgan fingerprint density at radius 3 is 2.84 bits per heavy atom. The number of halogens is 1. The van der Waals surface area contributed by atoms with Gasteiger partial charge >= 0.3 is 0 Å². The summed E-state index contributed by atoms with van der Waals surface area (Å²) in [6.07, 6.45) is 1.17. The van der Waals surface area contributed by atoms with E-state index in [2.05, 4.69) is 15.3 Å². The molecule has 0 amide bonds. The van der Waals surface area contributed by atoms with Crippen molar-refractivity contribution >= 4 is 11.8 Å². The summed E-state index contributed by atoms with van der Waals surface area (Å²) in [4.78, 5) is 9.72. The average Bonchev–Trinajstić information content (AvgIpc) is 2.77. The molecule has 2 aromatic heterocycles. The summed E-state index contributed by atoms with van der Waals surface area (Å²) in [5, 5.41) is 2.96. The lowest BCUT2D eigenvalue weighted by atomic mass is 10.4. The molecule has 2 heterocycles. The van der Waals surface area contributed by atoms with Crippen molar-refractivity contribution < 1.29 is 8.81 Å². The monoisotopic (exact) mass is 264 g/mol. The first kappa shape index (κ1) is 13.3. The summed E-state index contributed by atoms with van der Waals surface area (Å²) in [6.45, 7) is 4.94. The van der Waals surface area contributed by atoms with Crippen molar-refractivity contribution in [3.8, 4) is 0 Å². The quantitative estimate of drug-likeness (QED) is 0.899. The second-order valence-electron chi connectivity index (χ2n) is 4.26. The van der Waals surface area contributed by atoms with Gasteiger partial charge in [-0.15, -0.1) is 0 Å². The highest BCUT2D eigenvalue weighted by atomic mass is 19.1. The normalized spacial score (nSPS) is 10.5. The highest BCUT2D eigenvalue weighted by Gasteiger charge is 2.13. The number of rotatable bonds is 5. The van der Waals surface area contributed by atoms with Crippen molar-refractivity contribution in [2.75, 3.05) is 23.8 Å². The lowest BCUT2D eigenvalue weighted by Gasteiger charge is -2.17. The molecule has 2 aromatic rings. The summed E-state index contributed by atoms with van der Waals surface area (Å²) in [5.74, 6) is 1.82. The summed E-state index contributed by atoms with van der Waals surface area (Å²) >= 11 is 0. The Balaban J connectivity index is 2.17. The lowest BCUT2D eigenvalue weighted by molar-refractivity contribution is 0.479. The molecule has 6 heteroatoms. The number of hydrogen-bond donors (Lipinski definition) is 1. The number of aryl methyl sites for hydroxylation is 1. The fourth-order valence-electron chi connectivity index (χ4n) is 1.75. The van der Waals surface area contributed by atoms with Gasteiger partial charge in [0.25, 0.3) is 0 Å². The van der Waals surface area contributed by atoms with E-state index in [1.165, 1.54) is 6.20 Å². The van der Waals surface area contributed by atoms with E-state index in [0.717, 1.165) is 11.5 Å². The fraction of sp³-hybridized carbons (Fsp3) is 0.385. The molecule has 1 N–H and O–H groups in total. The van der Waals surface area contributed by atoms with Crippen LogP contribution in [0.1, 0.15) is 18.4 Å². The van der Waals surface area contributed by atoms with E-state index >= 15 is 0 Å². The van der Waals surface area contributed by atoms with Crippen LogP contribution in [0.5, 0.6) is 0 Å². The maximum absolute atomic E-state index is 13.7. The Kier molecular flexibility index (Phi) is 3.99. The molecule has 0 aliphatic carbocycles. The molecule has 0 aliphatic rings. The summed E-state index contributed by atoms with van der Waals surface area (Å²) in [6, 6.07) is 3.75. The predicted molar refractivity (Wildman–Crippen MR) is 71.7 cm³/mol. The average molecular weight is 264 g/mol. The van der Waals surface area contributed by atoms with Gasteiger partial charge in [0, 0.05) is 13.6 Å². The van der Waals surface area contributed by atoms with Crippen molar-refractivity contribution in [1.82, 2.24) is 9.97 Å². The molecule has 102 valence electrons. The Morgan fingerprint density at radius 2 is 2.21 bits per heavy atom. The minimum Gasteiger partial charge on any atom is -0.464 e. The number of hydrogen-bond acceptors (Lipinski definition) is 5. The van der Waals surface area contributed by atoms with Crippen LogP contribution in [0.3, 0.4) is 0 Å². The van der Waals surface area contributed by atoms with E-state index in [9.17, 15) is 4.39 Å². The molecule has 0 spiro atoms. The van der Waals surface area contributed by atoms with E-state index in [1.54, 1.807) is 11.9 Å². The van der Waals surface area contributed by atoms with Crippen molar-refractivity contribution in [3.63, 3.8) is 0 Å². The van der Waals surface area contributed by atoms with Gasteiger partial charge in [0.05, 0.1) is 12.7 Å². The minimum absolute atomic E-state index is 0.250. The minimum atomic E-state index is -0.451. The van der Waals surface area contributed by atoms with E-state index in [4.69, 9.17) is 4.42 Å². The Morgan fingerprint density at radius 1 is 1.42 bits per heavy atom. The molecule has 0 bridgehead atoms. The van der Waals surface area contributed by atoms with Gasteiger partial charge in [0.2, 0.25) is 5.95 Å². The zero-order valence-corrected chi connectivity index (χ0v) is 11.3. The molecule has 0 unspecified atom stereocenters. The molecule has 0 aliphatic heterocycles. The van der Waals surface area contributed by atoms with Gasteiger partial charge in [0.15, 0.2) is 11.6 Å². The third-order valence-corrected chi connectivity index (χ3v) is 2.61. The van der Waals surface area contributed by atoms with Crippen molar-refractivity contribution in [2.24, 2.45) is 0 Å². The van der Waals surface area contributed by atoms with Crippen LogP contribution < -0.4 is 10.2 Å². The van der Waals surface area contributed by atoms with Crippen molar-refractivity contribution in [3.05, 3.63) is 35.7 Å². The molecule has 0 saturated carbocycles. The molecule has 2 rings (SSSR count). The SMILES string of the molecule is CCNc1ncc(F)c(N(C)Cc2ccc(C)o2)n1. The molecular formula is C13H17FN4O. The zero-order valence-electron chi connectivity index (χ0n) is 11.3. The van der Waals surface area contributed by atoms with E-state index < -0.39 is 5.82 Å². The lowest BCUT2D eigenvalue weighted by Crippen LogP contribution is -2.20.